The van der Waals surface area contributed by atoms with Crippen molar-refractivity contribution in [3.05, 3.63) is 0 Å². The van der Waals surface area contributed by atoms with Crippen molar-refractivity contribution in [3.63, 3.8) is 0 Å². The highest BCUT2D eigenvalue weighted by Gasteiger charge is 2.36. The molecule has 0 aliphatic rings. The number of hydroxylamine groups is 1. The molecular formula is C8H16N2O10. The van der Waals surface area contributed by atoms with Gasteiger partial charge in [0.15, 0.2) is 12.0 Å². The minimum atomic E-state index is -2.23. The second kappa shape index (κ2) is 10.0. The van der Waals surface area contributed by atoms with Crippen molar-refractivity contribution in [2.75, 3.05) is 0 Å². The summed E-state index contributed by atoms with van der Waals surface area (Å²) >= 11 is 0. The first kappa shape index (κ1) is 20.5. The molecule has 3 atom stereocenters. The molecule has 20 heavy (non-hydrogen) atoms. The molecule has 10 N–H and O–H groups in total. The Kier molecular flexibility index (Phi) is 10.3. The molecule has 0 aromatic heterocycles. The topological polar surface area (TPSA) is 231 Å². The Balaban J connectivity index is 0. The average Bonchev–Trinajstić information content (AvgIpc) is 2.43. The summed E-state index contributed by atoms with van der Waals surface area (Å²) in [6, 6.07) is 0. The van der Waals surface area contributed by atoms with Gasteiger partial charge in [-0.05, 0) is 6.42 Å². The van der Waals surface area contributed by atoms with E-state index in [0.717, 1.165) is 5.48 Å². The average molecular weight is 300 g/mol. The minimum absolute atomic E-state index is 0.915. The standard InChI is InChI=1S/C8H13NO9.H3NO/c10-3(1-2(7(14)15)8(16)17)4(11)5(12)6(13)9-18;1-2/h2-5,10-12,18H,1H2,(H,9,13)(H,14,15)(H,16,17);2H,1H2/t3-,4-,5+;/m1./s1. The summed E-state index contributed by atoms with van der Waals surface area (Å²) in [6.07, 6.45) is -7.26. The highest BCUT2D eigenvalue weighted by atomic mass is 16.5. The van der Waals surface area contributed by atoms with E-state index in [9.17, 15) is 24.6 Å². The van der Waals surface area contributed by atoms with Crippen LogP contribution in [0.5, 0.6) is 0 Å². The molecular weight excluding hydrogens is 284 g/mol. The maximum Gasteiger partial charge on any atom is 0.317 e. The third-order valence-electron chi connectivity index (χ3n) is 2.17. The second-order valence-corrected chi connectivity index (χ2v) is 3.44. The third kappa shape index (κ3) is 6.37. The number of carbonyl (C=O) groups is 3. The molecule has 0 saturated carbocycles. The van der Waals surface area contributed by atoms with Crippen molar-refractivity contribution >= 4 is 17.8 Å². The van der Waals surface area contributed by atoms with Crippen LogP contribution >= 0.6 is 0 Å². The van der Waals surface area contributed by atoms with Crippen LogP contribution in [0, 0.1) is 5.92 Å². The lowest BCUT2D eigenvalue weighted by atomic mass is 9.96. The van der Waals surface area contributed by atoms with Crippen molar-refractivity contribution in [2.24, 2.45) is 11.8 Å². The molecule has 118 valence electrons. The van der Waals surface area contributed by atoms with Crippen LogP contribution in [0.2, 0.25) is 0 Å². The van der Waals surface area contributed by atoms with E-state index in [1.807, 2.05) is 0 Å². The monoisotopic (exact) mass is 300 g/mol. The maximum atomic E-state index is 10.7. The van der Waals surface area contributed by atoms with Crippen molar-refractivity contribution in [1.29, 1.82) is 0 Å². The Morgan fingerprint density at radius 2 is 1.40 bits per heavy atom. The maximum absolute atomic E-state index is 10.7. The number of nitrogens with one attached hydrogen (secondary N) is 1. The number of carbonyl (C=O) groups excluding carboxylic acids is 1. The van der Waals surface area contributed by atoms with E-state index in [4.69, 9.17) is 25.7 Å². The number of aliphatic hydroxyl groups is 3. The lowest BCUT2D eigenvalue weighted by Gasteiger charge is -2.22. The van der Waals surface area contributed by atoms with Gasteiger partial charge in [0.05, 0.1) is 6.10 Å². The van der Waals surface area contributed by atoms with Crippen LogP contribution < -0.4 is 11.4 Å². The van der Waals surface area contributed by atoms with Crippen LogP contribution in [-0.2, 0) is 14.4 Å². The van der Waals surface area contributed by atoms with E-state index in [-0.39, 0.29) is 0 Å². The van der Waals surface area contributed by atoms with Gasteiger partial charge in [-0.1, -0.05) is 0 Å². The summed E-state index contributed by atoms with van der Waals surface area (Å²) in [5.41, 5.74) is 1.01. The van der Waals surface area contributed by atoms with E-state index < -0.39 is 48.5 Å². The molecule has 0 fully saturated rings. The molecule has 12 nitrogen and oxygen atoms in total. The predicted octanol–water partition coefficient (Wildman–Crippen LogP) is -3.92. The Morgan fingerprint density at radius 1 is 1.00 bits per heavy atom. The first-order chi connectivity index (χ1) is 9.22. The molecule has 0 rings (SSSR count). The molecule has 0 aliphatic carbocycles. The first-order valence-electron chi connectivity index (χ1n) is 4.92. The van der Waals surface area contributed by atoms with Gasteiger partial charge in [0, 0.05) is 0 Å². The summed E-state index contributed by atoms with van der Waals surface area (Å²) in [4.78, 5) is 31.7. The van der Waals surface area contributed by atoms with Gasteiger partial charge in [-0.2, -0.15) is 0 Å². The van der Waals surface area contributed by atoms with E-state index in [1.165, 1.54) is 0 Å². The summed E-state index contributed by atoms with van der Waals surface area (Å²) in [5.74, 6) is -3.41. The number of aliphatic carboxylic acids is 2. The van der Waals surface area contributed by atoms with Gasteiger partial charge in [0.1, 0.15) is 6.10 Å². The molecule has 0 aromatic rings. The summed E-state index contributed by atoms with van der Waals surface area (Å²) in [5, 5.41) is 59.3. The van der Waals surface area contributed by atoms with Crippen LogP contribution in [0.3, 0.4) is 0 Å². The molecule has 0 bridgehead atoms. The zero-order valence-electron chi connectivity index (χ0n) is 9.95. The molecule has 12 heteroatoms. The highest BCUT2D eigenvalue weighted by Crippen LogP contribution is 2.13. The van der Waals surface area contributed by atoms with Gasteiger partial charge in [0.25, 0.3) is 5.91 Å². The molecule has 0 aliphatic heterocycles. The Labute approximate surface area is 111 Å². The number of rotatable bonds is 7. The van der Waals surface area contributed by atoms with Crippen molar-refractivity contribution in [1.82, 2.24) is 5.48 Å². The smallest absolute Gasteiger partial charge is 0.317 e. The molecule has 0 saturated heterocycles. The van der Waals surface area contributed by atoms with E-state index >= 15 is 0 Å². The normalized spacial score (nSPS) is 14.6. The third-order valence-corrected chi connectivity index (χ3v) is 2.17. The SMILES string of the molecule is NO.O=C(O)C(C[C@@H](O)[C@@H](O)[C@H](O)C(=O)NO)C(=O)O. The fourth-order valence-electron chi connectivity index (χ4n) is 1.12. The van der Waals surface area contributed by atoms with E-state index in [1.54, 1.807) is 0 Å². The first-order valence-corrected chi connectivity index (χ1v) is 4.92. The van der Waals surface area contributed by atoms with E-state index in [0.29, 0.717) is 0 Å². The van der Waals surface area contributed by atoms with Crippen LogP contribution in [0.15, 0.2) is 0 Å². The fraction of sp³-hybridized carbons (Fsp3) is 0.625. The fourth-order valence-corrected chi connectivity index (χ4v) is 1.12. The summed E-state index contributed by atoms with van der Waals surface area (Å²) in [7, 11) is 0. The molecule has 0 spiro atoms. The summed E-state index contributed by atoms with van der Waals surface area (Å²) in [6.45, 7) is 0. The Morgan fingerprint density at radius 3 is 1.70 bits per heavy atom. The van der Waals surface area contributed by atoms with Crippen LogP contribution in [0.4, 0.5) is 0 Å². The molecule has 0 aromatic carbocycles. The van der Waals surface area contributed by atoms with Crippen LogP contribution in [0.1, 0.15) is 6.42 Å². The largest absolute Gasteiger partial charge is 0.481 e. The van der Waals surface area contributed by atoms with Crippen molar-refractivity contribution < 1.29 is 50.3 Å². The summed E-state index contributed by atoms with van der Waals surface area (Å²) < 4.78 is 0. The quantitative estimate of drug-likeness (QED) is 0.125. The number of carboxylic acids is 2. The lowest BCUT2D eigenvalue weighted by molar-refractivity contribution is -0.159. The van der Waals surface area contributed by atoms with Gasteiger partial charge in [-0.25, -0.2) is 11.4 Å². The zero-order chi connectivity index (χ0) is 16.5. The van der Waals surface area contributed by atoms with Crippen LogP contribution in [0.25, 0.3) is 0 Å². The van der Waals surface area contributed by atoms with Gasteiger partial charge in [-0.3, -0.25) is 19.6 Å². The van der Waals surface area contributed by atoms with Crippen molar-refractivity contribution in [2.45, 2.75) is 24.7 Å². The predicted molar refractivity (Wildman–Crippen MR) is 57.3 cm³/mol. The van der Waals surface area contributed by atoms with Crippen LogP contribution in [-0.4, -0.2) is 72.1 Å². The lowest BCUT2D eigenvalue weighted by Crippen LogP contribution is -2.47. The number of hydrogen-bond acceptors (Lipinski definition) is 9. The van der Waals surface area contributed by atoms with Crippen molar-refractivity contribution in [3.8, 4) is 0 Å². The van der Waals surface area contributed by atoms with Gasteiger partial charge < -0.3 is 30.7 Å². The highest BCUT2D eigenvalue weighted by molar-refractivity contribution is 5.92. The van der Waals surface area contributed by atoms with Gasteiger partial charge in [-0.15, -0.1) is 0 Å². The zero-order valence-corrected chi connectivity index (χ0v) is 9.95. The number of hydrogen-bond donors (Lipinski definition) is 9. The number of amides is 1. The minimum Gasteiger partial charge on any atom is -0.481 e. The van der Waals surface area contributed by atoms with Gasteiger partial charge in [0.2, 0.25) is 0 Å². The second-order valence-electron chi connectivity index (χ2n) is 3.44. The molecule has 0 radical (unpaired) electrons. The number of aliphatic hydroxyl groups excluding tert-OH is 3. The van der Waals surface area contributed by atoms with Gasteiger partial charge >= 0.3 is 11.9 Å². The van der Waals surface area contributed by atoms with E-state index in [2.05, 4.69) is 5.90 Å². The molecule has 0 unspecified atom stereocenters. The molecule has 1 amide bonds. The Bertz CT molecular complexity index is 321. The number of carboxylic acid groups (broad SMARTS) is 2. The molecule has 0 heterocycles. The number of nitrogens with two attached hydrogens (primary N) is 1. The Hall–Kier alpha value is -1.83.